The molecule has 0 radical (unpaired) electrons. The summed E-state index contributed by atoms with van der Waals surface area (Å²) in [7, 11) is 0. The summed E-state index contributed by atoms with van der Waals surface area (Å²) >= 11 is 5.72. The molecule has 6 heteroatoms. The second-order valence-electron chi connectivity index (χ2n) is 4.24. The van der Waals surface area contributed by atoms with Gasteiger partial charge in [-0.25, -0.2) is 4.79 Å². The van der Waals surface area contributed by atoms with Crippen LogP contribution in [0.2, 0.25) is 5.02 Å². The maximum atomic E-state index is 11.9. The average molecular weight is 309 g/mol. The van der Waals surface area contributed by atoms with Crippen LogP contribution in [0, 0.1) is 6.92 Å². The summed E-state index contributed by atoms with van der Waals surface area (Å²) in [5.74, 6) is -0.0736. The molecular formula is C15H13ClO5. The fourth-order valence-corrected chi connectivity index (χ4v) is 1.93. The number of hydrogen-bond donors (Lipinski definition) is 0. The third-order valence-electron chi connectivity index (χ3n) is 2.81. The first-order valence-electron chi connectivity index (χ1n) is 6.14. The van der Waals surface area contributed by atoms with E-state index in [4.69, 9.17) is 25.5 Å². The van der Waals surface area contributed by atoms with Crippen LogP contribution in [0.15, 0.2) is 40.3 Å². The molecule has 0 aliphatic heterocycles. The van der Waals surface area contributed by atoms with Gasteiger partial charge in [0.25, 0.3) is 0 Å². The fourth-order valence-electron chi connectivity index (χ4n) is 1.78. The molecular weight excluding hydrogens is 296 g/mol. The van der Waals surface area contributed by atoms with Crippen molar-refractivity contribution in [3.8, 4) is 5.75 Å². The van der Waals surface area contributed by atoms with Crippen LogP contribution in [-0.4, -0.2) is 19.2 Å². The second kappa shape index (κ2) is 6.45. The summed E-state index contributed by atoms with van der Waals surface area (Å²) in [5, 5.41) is 0.380. The van der Waals surface area contributed by atoms with E-state index in [1.54, 1.807) is 19.1 Å². The topological polar surface area (TPSA) is 65.7 Å². The SMILES string of the molecule is C=CCOC(=O)COc1ccc2c(=O)c(Cl)coc2c1C. The number of carbonyl (C=O) groups is 1. The Labute approximate surface area is 125 Å². The van der Waals surface area contributed by atoms with Gasteiger partial charge in [0.2, 0.25) is 5.43 Å². The number of fused-ring (bicyclic) bond motifs is 1. The Kier molecular flexibility index (Phi) is 4.65. The number of aryl methyl sites for hydroxylation is 1. The van der Waals surface area contributed by atoms with Crippen molar-refractivity contribution >= 4 is 28.5 Å². The van der Waals surface area contributed by atoms with Gasteiger partial charge in [0, 0.05) is 5.56 Å². The molecule has 21 heavy (non-hydrogen) atoms. The van der Waals surface area contributed by atoms with Crippen LogP contribution in [0.1, 0.15) is 5.56 Å². The summed E-state index contributed by atoms with van der Waals surface area (Å²) < 4.78 is 15.5. The van der Waals surface area contributed by atoms with E-state index in [2.05, 4.69) is 6.58 Å². The molecule has 0 atom stereocenters. The molecule has 110 valence electrons. The molecule has 1 heterocycles. The first-order chi connectivity index (χ1) is 10.0. The largest absolute Gasteiger partial charge is 0.481 e. The number of ether oxygens (including phenoxy) is 2. The lowest BCUT2D eigenvalue weighted by molar-refractivity contribution is -0.144. The molecule has 0 spiro atoms. The normalized spacial score (nSPS) is 10.4. The molecule has 5 nitrogen and oxygen atoms in total. The van der Waals surface area contributed by atoms with Crippen molar-refractivity contribution in [3.05, 3.63) is 51.9 Å². The quantitative estimate of drug-likeness (QED) is 0.627. The van der Waals surface area contributed by atoms with Gasteiger partial charge in [0.1, 0.15) is 29.2 Å². The second-order valence-corrected chi connectivity index (χ2v) is 4.65. The van der Waals surface area contributed by atoms with Gasteiger partial charge in [-0.15, -0.1) is 0 Å². The molecule has 0 saturated carbocycles. The molecule has 2 rings (SSSR count). The van der Waals surface area contributed by atoms with Crippen molar-refractivity contribution in [1.82, 2.24) is 0 Å². The molecule has 0 fully saturated rings. The smallest absolute Gasteiger partial charge is 0.344 e. The van der Waals surface area contributed by atoms with Crippen molar-refractivity contribution in [2.24, 2.45) is 0 Å². The number of halogens is 1. The highest BCUT2D eigenvalue weighted by atomic mass is 35.5. The number of hydrogen-bond acceptors (Lipinski definition) is 5. The van der Waals surface area contributed by atoms with Gasteiger partial charge < -0.3 is 13.9 Å². The van der Waals surface area contributed by atoms with E-state index in [1.807, 2.05) is 0 Å². The molecule has 0 aliphatic rings. The molecule has 0 N–H and O–H groups in total. The van der Waals surface area contributed by atoms with E-state index in [0.29, 0.717) is 22.3 Å². The number of benzene rings is 1. The Balaban J connectivity index is 2.24. The molecule has 0 saturated heterocycles. The minimum Gasteiger partial charge on any atom is -0.481 e. The van der Waals surface area contributed by atoms with Gasteiger partial charge in [-0.1, -0.05) is 24.3 Å². The van der Waals surface area contributed by atoms with E-state index in [9.17, 15) is 9.59 Å². The third kappa shape index (κ3) is 3.25. The van der Waals surface area contributed by atoms with Gasteiger partial charge in [0.05, 0.1) is 5.39 Å². The van der Waals surface area contributed by atoms with Crippen LogP contribution in [-0.2, 0) is 9.53 Å². The highest BCUT2D eigenvalue weighted by Crippen LogP contribution is 2.26. The van der Waals surface area contributed by atoms with Gasteiger partial charge >= 0.3 is 5.97 Å². The zero-order chi connectivity index (χ0) is 15.4. The van der Waals surface area contributed by atoms with Crippen molar-refractivity contribution in [2.45, 2.75) is 6.92 Å². The first-order valence-corrected chi connectivity index (χ1v) is 6.52. The first kappa shape index (κ1) is 15.1. The van der Waals surface area contributed by atoms with Crippen molar-refractivity contribution in [3.63, 3.8) is 0 Å². The monoisotopic (exact) mass is 308 g/mol. The molecule has 0 amide bonds. The molecule has 1 aromatic carbocycles. The van der Waals surface area contributed by atoms with Crippen LogP contribution in [0.25, 0.3) is 11.0 Å². The molecule has 2 aromatic rings. The lowest BCUT2D eigenvalue weighted by atomic mass is 10.1. The highest BCUT2D eigenvalue weighted by molar-refractivity contribution is 6.30. The zero-order valence-corrected chi connectivity index (χ0v) is 12.1. The number of rotatable bonds is 5. The third-order valence-corrected chi connectivity index (χ3v) is 3.07. The van der Waals surface area contributed by atoms with Gasteiger partial charge in [0.15, 0.2) is 6.61 Å². The van der Waals surface area contributed by atoms with Crippen LogP contribution in [0.3, 0.4) is 0 Å². The lowest BCUT2D eigenvalue weighted by Gasteiger charge is -2.10. The lowest BCUT2D eigenvalue weighted by Crippen LogP contribution is -2.15. The van der Waals surface area contributed by atoms with E-state index < -0.39 is 5.97 Å². The standard InChI is InChI=1S/C15H13ClO5/c1-3-6-19-13(17)8-20-12-5-4-10-14(18)11(16)7-21-15(10)9(12)2/h3-5,7H,1,6,8H2,2H3. The fraction of sp³-hybridized carbons (Fsp3) is 0.200. The van der Waals surface area contributed by atoms with Crippen LogP contribution in [0.4, 0.5) is 0 Å². The Morgan fingerprint density at radius 3 is 2.95 bits per heavy atom. The molecule has 0 unspecified atom stereocenters. The van der Waals surface area contributed by atoms with Crippen molar-refractivity contribution in [2.75, 3.05) is 13.2 Å². The predicted molar refractivity (Wildman–Crippen MR) is 78.9 cm³/mol. The molecule has 1 aromatic heterocycles. The number of esters is 1. The van der Waals surface area contributed by atoms with Crippen molar-refractivity contribution in [1.29, 1.82) is 0 Å². The van der Waals surface area contributed by atoms with E-state index in [0.717, 1.165) is 0 Å². The predicted octanol–water partition coefficient (Wildman–Crippen LogP) is 2.86. The summed E-state index contributed by atoms with van der Waals surface area (Å²) in [6.07, 6.45) is 2.65. The van der Waals surface area contributed by atoms with Gasteiger partial charge in [-0.3, -0.25) is 4.79 Å². The Morgan fingerprint density at radius 2 is 2.24 bits per heavy atom. The van der Waals surface area contributed by atoms with Crippen LogP contribution >= 0.6 is 11.6 Å². The zero-order valence-electron chi connectivity index (χ0n) is 11.3. The van der Waals surface area contributed by atoms with Gasteiger partial charge in [-0.05, 0) is 19.1 Å². The van der Waals surface area contributed by atoms with Gasteiger partial charge in [-0.2, -0.15) is 0 Å². The number of carbonyl (C=O) groups excluding carboxylic acids is 1. The van der Waals surface area contributed by atoms with Crippen LogP contribution < -0.4 is 10.2 Å². The van der Waals surface area contributed by atoms with E-state index >= 15 is 0 Å². The van der Waals surface area contributed by atoms with Crippen molar-refractivity contribution < 1.29 is 18.7 Å². The summed E-state index contributed by atoms with van der Waals surface area (Å²) in [5.41, 5.74) is 0.678. The average Bonchev–Trinajstić information content (AvgIpc) is 2.48. The van der Waals surface area contributed by atoms with Crippen LogP contribution in [0.5, 0.6) is 5.75 Å². The highest BCUT2D eigenvalue weighted by Gasteiger charge is 2.12. The summed E-state index contributed by atoms with van der Waals surface area (Å²) in [6, 6.07) is 3.14. The molecule has 0 aliphatic carbocycles. The summed E-state index contributed by atoms with van der Waals surface area (Å²) in [4.78, 5) is 23.2. The minimum absolute atomic E-state index is 0.0172. The Bertz CT molecular complexity index is 748. The maximum Gasteiger partial charge on any atom is 0.344 e. The maximum absolute atomic E-state index is 11.9. The Morgan fingerprint density at radius 1 is 1.48 bits per heavy atom. The van der Waals surface area contributed by atoms with E-state index in [1.165, 1.54) is 12.3 Å². The Hall–Kier alpha value is -2.27. The summed E-state index contributed by atoms with van der Waals surface area (Å²) in [6.45, 7) is 5.06. The minimum atomic E-state index is -0.507. The molecule has 0 bridgehead atoms. The van der Waals surface area contributed by atoms with E-state index in [-0.39, 0.29) is 23.7 Å².